The molecule has 0 aromatic heterocycles. The van der Waals surface area contributed by atoms with E-state index in [0.717, 1.165) is 31.2 Å². The van der Waals surface area contributed by atoms with Crippen LogP contribution in [0.1, 0.15) is 65.9 Å². The van der Waals surface area contributed by atoms with Crippen LogP contribution in [-0.2, 0) is 21.5 Å². The van der Waals surface area contributed by atoms with Gasteiger partial charge in [-0.25, -0.2) is 0 Å². The summed E-state index contributed by atoms with van der Waals surface area (Å²) in [6.07, 6.45) is 3.82. The maximum Gasteiger partial charge on any atom is 0.309 e. The third kappa shape index (κ3) is 8.25. The summed E-state index contributed by atoms with van der Waals surface area (Å²) >= 11 is 0. The average Bonchev–Trinajstić information content (AvgIpc) is 2.67. The van der Waals surface area contributed by atoms with Crippen LogP contribution in [0.15, 0.2) is 18.2 Å². The highest BCUT2D eigenvalue weighted by atomic mass is 32.2. The molecular formula is C22H37NO5S. The summed E-state index contributed by atoms with van der Waals surface area (Å²) in [7, 11) is -2.21. The van der Waals surface area contributed by atoms with Gasteiger partial charge < -0.3 is 13.8 Å². The number of nitrogens with zero attached hydrogens (tertiary/aromatic N) is 1. The van der Waals surface area contributed by atoms with Gasteiger partial charge in [0.15, 0.2) is 11.5 Å². The molecule has 166 valence electrons. The highest BCUT2D eigenvalue weighted by Crippen LogP contribution is 2.30. The molecule has 1 unspecified atom stereocenters. The van der Waals surface area contributed by atoms with Gasteiger partial charge in [0.2, 0.25) is 5.91 Å². The minimum atomic E-state index is -3.67. The van der Waals surface area contributed by atoms with Gasteiger partial charge in [0.05, 0.1) is 12.9 Å². The monoisotopic (exact) mass is 427 g/mol. The summed E-state index contributed by atoms with van der Waals surface area (Å²) in [4.78, 5) is 15.1. The smallest absolute Gasteiger partial charge is 0.309 e. The number of hydrogen-bond donors (Lipinski definition) is 0. The van der Waals surface area contributed by atoms with Crippen molar-refractivity contribution in [1.82, 2.24) is 4.90 Å². The predicted octanol–water partition coefficient (Wildman–Crippen LogP) is 4.62. The molecule has 0 saturated carbocycles. The molecule has 6 nitrogen and oxygen atoms in total. The highest BCUT2D eigenvalue weighted by Gasteiger charge is 2.24. The van der Waals surface area contributed by atoms with E-state index in [-0.39, 0.29) is 23.3 Å². The lowest BCUT2D eigenvalue weighted by Gasteiger charge is -2.29. The first kappa shape index (κ1) is 25.3. The first-order valence-corrected chi connectivity index (χ1v) is 12.1. The molecule has 1 atom stereocenters. The van der Waals surface area contributed by atoms with Crippen molar-refractivity contribution >= 4 is 16.0 Å². The van der Waals surface area contributed by atoms with Crippen LogP contribution >= 0.6 is 0 Å². The topological polar surface area (TPSA) is 72.9 Å². The van der Waals surface area contributed by atoms with Crippen molar-refractivity contribution < 1.29 is 22.1 Å². The van der Waals surface area contributed by atoms with Crippen LogP contribution in [0.25, 0.3) is 0 Å². The third-order valence-electron chi connectivity index (χ3n) is 4.82. The Kier molecular flexibility index (Phi) is 10.5. The second-order valence-electron chi connectivity index (χ2n) is 7.77. The fourth-order valence-corrected chi connectivity index (χ4v) is 3.71. The van der Waals surface area contributed by atoms with Crippen LogP contribution in [0.2, 0.25) is 0 Å². The molecule has 7 heteroatoms. The standard InChI is InChI=1S/C22H37NO5S/c1-7-10-11-19(8-2)22(24)23(15-17(4)5)16-18-12-13-20(27-6)21(14-18)28-29(25,26)9-3/h12-14,17,19H,7-11,15-16H2,1-6H3. The van der Waals surface area contributed by atoms with Gasteiger partial charge in [-0.3, -0.25) is 4.79 Å². The molecule has 0 saturated heterocycles. The van der Waals surface area contributed by atoms with Gasteiger partial charge in [-0.15, -0.1) is 0 Å². The summed E-state index contributed by atoms with van der Waals surface area (Å²) in [6.45, 7) is 10.9. The first-order valence-electron chi connectivity index (χ1n) is 10.5. The molecule has 0 aliphatic rings. The van der Waals surface area contributed by atoms with Gasteiger partial charge in [0.1, 0.15) is 0 Å². The lowest BCUT2D eigenvalue weighted by Crippen LogP contribution is -2.38. The molecule has 1 aromatic carbocycles. The van der Waals surface area contributed by atoms with E-state index in [1.807, 2.05) is 11.0 Å². The van der Waals surface area contributed by atoms with E-state index >= 15 is 0 Å². The van der Waals surface area contributed by atoms with Crippen molar-refractivity contribution in [1.29, 1.82) is 0 Å². The van der Waals surface area contributed by atoms with E-state index < -0.39 is 10.1 Å². The number of rotatable bonds is 13. The minimum Gasteiger partial charge on any atom is -0.493 e. The Labute approximate surface area is 176 Å². The van der Waals surface area contributed by atoms with Gasteiger partial charge in [-0.05, 0) is 43.4 Å². The predicted molar refractivity (Wildman–Crippen MR) is 117 cm³/mol. The second kappa shape index (κ2) is 12.1. The Hall–Kier alpha value is -1.76. The molecule has 0 fully saturated rings. The zero-order valence-electron chi connectivity index (χ0n) is 18.7. The fourth-order valence-electron chi connectivity index (χ4n) is 3.18. The summed E-state index contributed by atoms with van der Waals surface area (Å²) in [6, 6.07) is 5.18. The largest absolute Gasteiger partial charge is 0.493 e. The van der Waals surface area contributed by atoms with Gasteiger partial charge in [-0.1, -0.05) is 46.6 Å². The Morgan fingerprint density at radius 2 is 1.83 bits per heavy atom. The fraction of sp³-hybridized carbons (Fsp3) is 0.682. The second-order valence-corrected chi connectivity index (χ2v) is 9.63. The maximum atomic E-state index is 13.2. The average molecular weight is 428 g/mol. The van der Waals surface area contributed by atoms with Gasteiger partial charge in [-0.2, -0.15) is 8.42 Å². The number of unbranched alkanes of at least 4 members (excludes halogenated alkanes) is 1. The van der Waals surface area contributed by atoms with E-state index in [0.29, 0.717) is 24.8 Å². The van der Waals surface area contributed by atoms with Crippen molar-refractivity contribution in [2.45, 2.75) is 66.8 Å². The maximum absolute atomic E-state index is 13.2. The number of carbonyl (C=O) groups is 1. The molecule has 0 aliphatic heterocycles. The molecule has 0 aliphatic carbocycles. The molecule has 0 spiro atoms. The summed E-state index contributed by atoms with van der Waals surface area (Å²) in [5, 5.41) is 0. The van der Waals surface area contributed by atoms with Crippen molar-refractivity contribution in [2.75, 3.05) is 19.4 Å². The number of methoxy groups -OCH3 is 1. The number of amides is 1. The molecule has 0 radical (unpaired) electrons. The summed E-state index contributed by atoms with van der Waals surface area (Å²) in [5.74, 6) is 0.881. The Bertz CT molecular complexity index is 746. The number of benzene rings is 1. The SMILES string of the molecule is CCCCC(CC)C(=O)N(Cc1ccc(OC)c(OS(=O)(=O)CC)c1)CC(C)C. The van der Waals surface area contributed by atoms with Gasteiger partial charge in [0.25, 0.3) is 0 Å². The minimum absolute atomic E-state index is 0.0168. The lowest BCUT2D eigenvalue weighted by molar-refractivity contribution is -0.137. The summed E-state index contributed by atoms with van der Waals surface area (Å²) in [5.41, 5.74) is 0.812. The molecule has 29 heavy (non-hydrogen) atoms. The van der Waals surface area contributed by atoms with E-state index in [4.69, 9.17) is 8.92 Å². The first-order chi connectivity index (χ1) is 13.7. The number of carbonyl (C=O) groups excluding carboxylic acids is 1. The molecule has 1 amide bonds. The zero-order valence-corrected chi connectivity index (χ0v) is 19.5. The quantitative estimate of drug-likeness (QED) is 0.429. The third-order valence-corrected chi connectivity index (χ3v) is 5.96. The van der Waals surface area contributed by atoms with E-state index in [9.17, 15) is 13.2 Å². The Morgan fingerprint density at radius 3 is 2.34 bits per heavy atom. The van der Waals surface area contributed by atoms with Crippen molar-refractivity contribution in [3.05, 3.63) is 23.8 Å². The molecule has 0 bridgehead atoms. The number of ether oxygens (including phenoxy) is 1. The zero-order chi connectivity index (χ0) is 22.0. The molecular weight excluding hydrogens is 390 g/mol. The van der Waals surface area contributed by atoms with Gasteiger partial charge in [0, 0.05) is 19.0 Å². The van der Waals surface area contributed by atoms with Crippen LogP contribution in [0.4, 0.5) is 0 Å². The Morgan fingerprint density at radius 1 is 1.14 bits per heavy atom. The highest BCUT2D eigenvalue weighted by molar-refractivity contribution is 7.87. The van der Waals surface area contributed by atoms with Crippen LogP contribution in [0, 0.1) is 11.8 Å². The van der Waals surface area contributed by atoms with Crippen molar-refractivity contribution in [3.8, 4) is 11.5 Å². The number of hydrogen-bond acceptors (Lipinski definition) is 5. The van der Waals surface area contributed by atoms with Crippen LogP contribution in [0.5, 0.6) is 11.5 Å². The van der Waals surface area contributed by atoms with E-state index in [1.54, 1.807) is 12.1 Å². The molecule has 1 aromatic rings. The molecule has 1 rings (SSSR count). The van der Waals surface area contributed by atoms with Gasteiger partial charge >= 0.3 is 10.1 Å². The lowest BCUT2D eigenvalue weighted by atomic mass is 9.97. The normalized spacial score (nSPS) is 12.7. The van der Waals surface area contributed by atoms with Crippen LogP contribution in [0.3, 0.4) is 0 Å². The van der Waals surface area contributed by atoms with E-state index in [2.05, 4.69) is 27.7 Å². The van der Waals surface area contributed by atoms with Crippen molar-refractivity contribution in [3.63, 3.8) is 0 Å². The molecule has 0 heterocycles. The molecule has 0 N–H and O–H groups in total. The summed E-state index contributed by atoms with van der Waals surface area (Å²) < 4.78 is 34.3. The Balaban J connectivity index is 3.13. The van der Waals surface area contributed by atoms with E-state index in [1.165, 1.54) is 14.0 Å². The van der Waals surface area contributed by atoms with Crippen LogP contribution < -0.4 is 8.92 Å². The van der Waals surface area contributed by atoms with Crippen LogP contribution in [-0.4, -0.2) is 38.6 Å². The van der Waals surface area contributed by atoms with Crippen molar-refractivity contribution in [2.24, 2.45) is 11.8 Å².